The first-order valence-electron chi connectivity index (χ1n) is 20.3. The fraction of sp³-hybridized carbons (Fsp3) is 0.0175. The lowest BCUT2D eigenvalue weighted by molar-refractivity contribution is 1.37. The lowest BCUT2D eigenvalue weighted by atomic mass is 9.88. The maximum Gasteiger partial charge on any atom is 0.0970 e. The lowest BCUT2D eigenvalue weighted by Crippen LogP contribution is -1.91. The zero-order valence-corrected chi connectivity index (χ0v) is 32.4. The van der Waals surface area contributed by atoms with Crippen molar-refractivity contribution in [3.8, 4) is 44.5 Å². The second-order valence-corrected chi connectivity index (χ2v) is 15.7. The topological polar surface area (TPSA) is 25.8 Å². The van der Waals surface area contributed by atoms with Crippen LogP contribution in [0.3, 0.4) is 0 Å². The second-order valence-electron chi connectivity index (χ2n) is 15.7. The van der Waals surface area contributed by atoms with Crippen LogP contribution in [-0.2, 0) is 0 Å². The van der Waals surface area contributed by atoms with Gasteiger partial charge in [0.2, 0.25) is 0 Å². The average Bonchev–Trinajstić information content (AvgIpc) is 3.30. The summed E-state index contributed by atoms with van der Waals surface area (Å²) in [4.78, 5) is 9.47. The Bertz CT molecular complexity index is 3670. The molecule has 0 N–H and O–H groups in total. The summed E-state index contributed by atoms with van der Waals surface area (Å²) in [5.74, 6) is 0. The van der Waals surface area contributed by atoms with Crippen molar-refractivity contribution >= 4 is 75.7 Å². The minimum Gasteiger partial charge on any atom is -0.254 e. The molecule has 0 radical (unpaired) electrons. The summed E-state index contributed by atoms with van der Waals surface area (Å²) in [6, 6.07) is 69.1. The summed E-state index contributed by atoms with van der Waals surface area (Å²) in [6.07, 6.45) is 3.70. The molecule has 0 aliphatic rings. The lowest BCUT2D eigenvalue weighted by Gasteiger charge is -2.16. The molecule has 0 saturated carbocycles. The number of hydrogen-bond donors (Lipinski definition) is 0. The van der Waals surface area contributed by atoms with Crippen molar-refractivity contribution in [2.45, 2.75) is 6.92 Å². The number of pyridine rings is 2. The second kappa shape index (κ2) is 13.2. The highest BCUT2D eigenvalue weighted by Crippen LogP contribution is 2.43. The molecule has 274 valence electrons. The largest absolute Gasteiger partial charge is 0.254 e. The molecule has 12 rings (SSSR count). The fourth-order valence-electron chi connectivity index (χ4n) is 9.71. The maximum absolute atomic E-state index is 4.78. The van der Waals surface area contributed by atoms with Crippen molar-refractivity contribution in [3.63, 3.8) is 0 Å². The van der Waals surface area contributed by atoms with Crippen LogP contribution < -0.4 is 0 Å². The normalized spacial score (nSPS) is 11.8. The number of nitrogens with zero attached hydrogens (tertiary/aromatic N) is 2. The van der Waals surface area contributed by atoms with Gasteiger partial charge in [0.15, 0.2) is 0 Å². The standard InChI is InChI=1S/C57H36N2/c1-35-9-4-10-38-23-24-40-12-6-17-50(55(40)53(35)38)49-16-5-11-39-25-26-42-33-41(27-28-45(42)54(39)49)36-19-21-37(22-20-36)44-29-30-48(47-15-3-2-14-46(44)47)52-34-43-13-7-31-58-56(43)57-51(52)18-8-32-59-57/h2-34H,1H3. The molecule has 0 unspecified atom stereocenters. The van der Waals surface area contributed by atoms with Crippen LogP contribution in [0.4, 0.5) is 0 Å². The Morgan fingerprint density at radius 3 is 1.66 bits per heavy atom. The van der Waals surface area contributed by atoms with Gasteiger partial charge in [0.25, 0.3) is 0 Å². The van der Waals surface area contributed by atoms with E-state index in [9.17, 15) is 0 Å². The van der Waals surface area contributed by atoms with E-state index >= 15 is 0 Å². The predicted molar refractivity (Wildman–Crippen MR) is 251 cm³/mol. The smallest absolute Gasteiger partial charge is 0.0970 e. The predicted octanol–water partition coefficient (Wildman–Crippen LogP) is 15.5. The van der Waals surface area contributed by atoms with Gasteiger partial charge in [-0.2, -0.15) is 0 Å². The van der Waals surface area contributed by atoms with E-state index < -0.39 is 0 Å². The highest BCUT2D eigenvalue weighted by atomic mass is 14.7. The van der Waals surface area contributed by atoms with Gasteiger partial charge >= 0.3 is 0 Å². The Labute approximate surface area is 341 Å². The first kappa shape index (κ1) is 33.5. The minimum atomic E-state index is 0.931. The molecule has 0 fully saturated rings. The van der Waals surface area contributed by atoms with Gasteiger partial charge in [-0.05, 0) is 135 Å². The molecule has 59 heavy (non-hydrogen) atoms. The van der Waals surface area contributed by atoms with Crippen LogP contribution in [0.25, 0.3) is 120 Å². The minimum absolute atomic E-state index is 0.931. The summed E-state index contributed by atoms with van der Waals surface area (Å²) >= 11 is 0. The van der Waals surface area contributed by atoms with Gasteiger partial charge in [-0.25, -0.2) is 0 Å². The van der Waals surface area contributed by atoms with E-state index in [1.54, 1.807) is 0 Å². The summed E-state index contributed by atoms with van der Waals surface area (Å²) in [7, 11) is 0. The third kappa shape index (κ3) is 5.27. The van der Waals surface area contributed by atoms with Crippen LogP contribution in [0, 0.1) is 6.92 Å². The Kier molecular flexibility index (Phi) is 7.48. The van der Waals surface area contributed by atoms with Crippen LogP contribution in [0.1, 0.15) is 5.56 Å². The molecule has 0 spiro atoms. The molecule has 0 amide bonds. The molecule has 2 heteroatoms. The Morgan fingerprint density at radius 1 is 0.288 bits per heavy atom. The molecule has 10 aromatic carbocycles. The van der Waals surface area contributed by atoms with Gasteiger partial charge < -0.3 is 0 Å². The number of fused-ring (bicyclic) bond motifs is 10. The van der Waals surface area contributed by atoms with E-state index in [1.165, 1.54) is 104 Å². The van der Waals surface area contributed by atoms with Crippen LogP contribution in [-0.4, -0.2) is 9.97 Å². The van der Waals surface area contributed by atoms with Gasteiger partial charge in [-0.15, -0.1) is 0 Å². The maximum atomic E-state index is 4.78. The summed E-state index contributed by atoms with van der Waals surface area (Å²) in [5.41, 5.74) is 12.9. The summed E-state index contributed by atoms with van der Waals surface area (Å²) in [6.45, 7) is 2.23. The summed E-state index contributed by atoms with van der Waals surface area (Å²) in [5, 5.41) is 14.9. The Hall–Kier alpha value is -7.68. The van der Waals surface area contributed by atoms with Crippen LogP contribution >= 0.6 is 0 Å². The van der Waals surface area contributed by atoms with Gasteiger partial charge in [-0.3, -0.25) is 9.97 Å². The fourth-order valence-corrected chi connectivity index (χ4v) is 9.71. The van der Waals surface area contributed by atoms with Crippen molar-refractivity contribution in [3.05, 3.63) is 206 Å². The van der Waals surface area contributed by atoms with E-state index in [4.69, 9.17) is 4.98 Å². The molecule has 0 atom stereocenters. The molecule has 0 saturated heterocycles. The molecule has 2 aromatic heterocycles. The van der Waals surface area contributed by atoms with Gasteiger partial charge in [0.1, 0.15) is 0 Å². The van der Waals surface area contributed by atoms with E-state index in [0.717, 1.165) is 21.8 Å². The number of benzene rings is 10. The zero-order valence-electron chi connectivity index (χ0n) is 32.4. The van der Waals surface area contributed by atoms with Crippen LogP contribution in [0.15, 0.2) is 200 Å². The number of hydrogen-bond acceptors (Lipinski definition) is 2. The first-order chi connectivity index (χ1) is 29.2. The van der Waals surface area contributed by atoms with Crippen molar-refractivity contribution in [2.75, 3.05) is 0 Å². The van der Waals surface area contributed by atoms with Gasteiger partial charge in [-0.1, -0.05) is 164 Å². The van der Waals surface area contributed by atoms with Crippen molar-refractivity contribution in [1.82, 2.24) is 9.97 Å². The third-order valence-electron chi connectivity index (χ3n) is 12.4. The third-order valence-corrected chi connectivity index (χ3v) is 12.4. The molecular formula is C57H36N2. The van der Waals surface area contributed by atoms with Gasteiger partial charge in [0.05, 0.1) is 11.0 Å². The number of rotatable bonds is 4. The molecule has 0 aliphatic carbocycles. The summed E-state index contributed by atoms with van der Waals surface area (Å²) < 4.78 is 0. The molecule has 0 bridgehead atoms. The quantitative estimate of drug-likeness (QED) is 0.168. The molecule has 2 nitrogen and oxygen atoms in total. The van der Waals surface area contributed by atoms with Crippen LogP contribution in [0.5, 0.6) is 0 Å². The molecule has 2 heterocycles. The molecule has 12 aromatic rings. The molecular weight excluding hydrogens is 713 g/mol. The average molecular weight is 749 g/mol. The van der Waals surface area contributed by atoms with E-state index in [2.05, 4.69) is 188 Å². The Balaban J connectivity index is 0.948. The van der Waals surface area contributed by atoms with Crippen molar-refractivity contribution in [2.24, 2.45) is 0 Å². The SMILES string of the molecule is Cc1cccc2ccc3cccc(-c4cccc5ccc6cc(-c7ccc(-c8ccc(-c9cc%10cccnc%10c%10ncccc9%10)c9ccccc89)cc7)ccc6c45)c3c12. The van der Waals surface area contributed by atoms with E-state index in [1.807, 2.05) is 24.5 Å². The van der Waals surface area contributed by atoms with Crippen molar-refractivity contribution in [1.29, 1.82) is 0 Å². The van der Waals surface area contributed by atoms with Crippen molar-refractivity contribution < 1.29 is 0 Å². The Morgan fingerprint density at radius 2 is 0.864 bits per heavy atom. The number of aromatic nitrogens is 2. The zero-order chi connectivity index (χ0) is 39.0. The molecule has 0 aliphatic heterocycles. The monoisotopic (exact) mass is 748 g/mol. The van der Waals surface area contributed by atoms with E-state index in [0.29, 0.717) is 0 Å². The highest BCUT2D eigenvalue weighted by molar-refractivity contribution is 6.22. The van der Waals surface area contributed by atoms with Crippen LogP contribution in [0.2, 0.25) is 0 Å². The highest BCUT2D eigenvalue weighted by Gasteiger charge is 2.17. The van der Waals surface area contributed by atoms with Gasteiger partial charge in [0, 0.05) is 23.2 Å². The number of aryl methyl sites for hydroxylation is 1. The van der Waals surface area contributed by atoms with E-state index in [-0.39, 0.29) is 0 Å². The first-order valence-corrected chi connectivity index (χ1v) is 20.3.